The first kappa shape index (κ1) is 10.9. The molecule has 0 aromatic carbocycles. The fourth-order valence-corrected chi connectivity index (χ4v) is 2.78. The summed E-state index contributed by atoms with van der Waals surface area (Å²) in [4.78, 5) is 12.8. The fraction of sp³-hybridized carbons (Fsp3) is 0.417. The Morgan fingerprint density at radius 2 is 2.33 bits per heavy atom. The molecule has 0 saturated heterocycles. The third kappa shape index (κ3) is 2.50. The number of thiophene rings is 1. The molecule has 0 aliphatic heterocycles. The number of rotatable bonds is 2. The smallest absolute Gasteiger partial charge is 0.198 e. The van der Waals surface area contributed by atoms with Crippen LogP contribution in [0.2, 0.25) is 4.34 Å². The van der Waals surface area contributed by atoms with Crippen LogP contribution in [-0.4, -0.2) is 5.78 Å². The Bertz CT molecular complexity index is 406. The van der Waals surface area contributed by atoms with E-state index in [-0.39, 0.29) is 5.78 Å². The lowest BCUT2D eigenvalue weighted by atomic mass is 9.89. The molecule has 0 spiro atoms. The molecule has 0 radical (unpaired) electrons. The summed E-state index contributed by atoms with van der Waals surface area (Å²) in [5.74, 6) is 0.882. The van der Waals surface area contributed by atoms with Crippen molar-refractivity contribution in [2.75, 3.05) is 0 Å². The molecule has 0 N–H and O–H groups in total. The molecule has 1 aromatic heterocycles. The van der Waals surface area contributed by atoms with Crippen molar-refractivity contribution in [3.63, 3.8) is 0 Å². The van der Waals surface area contributed by atoms with Crippen LogP contribution < -0.4 is 0 Å². The lowest BCUT2D eigenvalue weighted by Gasteiger charge is -2.16. The van der Waals surface area contributed by atoms with Crippen molar-refractivity contribution in [2.24, 2.45) is 5.92 Å². The fourth-order valence-electron chi connectivity index (χ4n) is 1.77. The van der Waals surface area contributed by atoms with Crippen LogP contribution in [0.15, 0.2) is 23.8 Å². The molecule has 1 aliphatic carbocycles. The number of allylic oxidation sites excluding steroid dienone is 2. The maximum absolute atomic E-state index is 12.0. The van der Waals surface area contributed by atoms with Gasteiger partial charge in [0.25, 0.3) is 0 Å². The standard InChI is InChI=1S/C12H13ClOS/c1-8-2-4-9(5-3-8)12(14)10-6-7-11(13)15-10/h4,6-8H,2-3,5H2,1H3. The molecule has 1 atom stereocenters. The number of carbonyl (C=O) groups excluding carboxylic acids is 1. The third-order valence-electron chi connectivity index (χ3n) is 2.76. The second kappa shape index (κ2) is 4.50. The van der Waals surface area contributed by atoms with Gasteiger partial charge >= 0.3 is 0 Å². The molecule has 80 valence electrons. The van der Waals surface area contributed by atoms with Crippen LogP contribution in [0, 0.1) is 5.92 Å². The zero-order valence-corrected chi connectivity index (χ0v) is 10.2. The van der Waals surface area contributed by atoms with E-state index in [9.17, 15) is 4.79 Å². The van der Waals surface area contributed by atoms with Crippen LogP contribution in [0.4, 0.5) is 0 Å². The van der Waals surface area contributed by atoms with Crippen molar-refractivity contribution >= 4 is 28.7 Å². The first-order chi connectivity index (χ1) is 7.16. The van der Waals surface area contributed by atoms with Crippen molar-refractivity contribution in [1.82, 2.24) is 0 Å². The molecule has 0 fully saturated rings. The Balaban J connectivity index is 2.15. The van der Waals surface area contributed by atoms with Gasteiger partial charge in [0.1, 0.15) is 0 Å². The molecule has 3 heteroatoms. The number of ketones is 1. The van der Waals surface area contributed by atoms with Gasteiger partial charge in [-0.1, -0.05) is 24.6 Å². The number of Topliss-reactive ketones (excluding diaryl/α,β-unsaturated/α-hetero) is 1. The van der Waals surface area contributed by atoms with E-state index in [0.29, 0.717) is 10.3 Å². The summed E-state index contributed by atoms with van der Waals surface area (Å²) in [5.41, 5.74) is 0.964. The van der Waals surface area contributed by atoms with Crippen LogP contribution in [0.25, 0.3) is 0 Å². The summed E-state index contributed by atoms with van der Waals surface area (Å²) in [6.07, 6.45) is 5.15. The van der Waals surface area contributed by atoms with E-state index in [1.165, 1.54) is 11.3 Å². The van der Waals surface area contributed by atoms with Crippen molar-refractivity contribution in [3.05, 3.63) is 33.0 Å². The van der Waals surface area contributed by atoms with Crippen molar-refractivity contribution in [3.8, 4) is 0 Å². The molecule has 1 aromatic rings. The molecule has 2 rings (SSSR count). The summed E-state index contributed by atoms with van der Waals surface area (Å²) >= 11 is 7.18. The topological polar surface area (TPSA) is 17.1 Å². The van der Waals surface area contributed by atoms with E-state index in [1.807, 2.05) is 6.07 Å². The highest BCUT2D eigenvalue weighted by molar-refractivity contribution is 7.18. The Morgan fingerprint density at radius 3 is 2.87 bits per heavy atom. The van der Waals surface area contributed by atoms with Crippen molar-refractivity contribution in [2.45, 2.75) is 26.2 Å². The molecular weight excluding hydrogens is 228 g/mol. The normalized spacial score (nSPS) is 21.2. The highest BCUT2D eigenvalue weighted by Crippen LogP contribution is 2.29. The molecule has 1 heterocycles. The second-order valence-corrected chi connectivity index (χ2v) is 5.76. The van der Waals surface area contributed by atoms with Gasteiger partial charge < -0.3 is 0 Å². The predicted molar refractivity (Wildman–Crippen MR) is 64.8 cm³/mol. The summed E-state index contributed by atoms with van der Waals surface area (Å²) in [5, 5.41) is 0. The molecule has 0 amide bonds. The second-order valence-electron chi connectivity index (χ2n) is 4.04. The van der Waals surface area contributed by atoms with Crippen LogP contribution >= 0.6 is 22.9 Å². The highest BCUT2D eigenvalue weighted by Gasteiger charge is 2.18. The van der Waals surface area contributed by atoms with Gasteiger partial charge in [0, 0.05) is 0 Å². The van der Waals surface area contributed by atoms with Crippen LogP contribution in [0.1, 0.15) is 35.9 Å². The minimum atomic E-state index is 0.166. The lowest BCUT2D eigenvalue weighted by molar-refractivity contribution is 0.103. The van der Waals surface area contributed by atoms with Crippen LogP contribution in [0.3, 0.4) is 0 Å². The van der Waals surface area contributed by atoms with Crippen molar-refractivity contribution in [1.29, 1.82) is 0 Å². The largest absolute Gasteiger partial charge is 0.288 e. The van der Waals surface area contributed by atoms with Gasteiger partial charge in [0.2, 0.25) is 0 Å². The summed E-state index contributed by atoms with van der Waals surface area (Å²) < 4.78 is 0.683. The SMILES string of the molecule is CC1CC=C(C(=O)c2ccc(Cl)s2)CC1. The molecule has 1 aliphatic rings. The number of hydrogen-bond donors (Lipinski definition) is 0. The maximum atomic E-state index is 12.0. The van der Waals surface area contributed by atoms with E-state index in [2.05, 4.69) is 13.0 Å². The van der Waals surface area contributed by atoms with Gasteiger partial charge in [-0.05, 0) is 42.9 Å². The number of hydrogen-bond acceptors (Lipinski definition) is 2. The maximum Gasteiger partial charge on any atom is 0.198 e. The Kier molecular flexibility index (Phi) is 3.27. The van der Waals surface area contributed by atoms with Crippen molar-refractivity contribution < 1.29 is 4.79 Å². The van der Waals surface area contributed by atoms with E-state index in [4.69, 9.17) is 11.6 Å². The third-order valence-corrected chi connectivity index (χ3v) is 3.99. The average Bonchev–Trinajstić information content (AvgIpc) is 2.65. The van der Waals surface area contributed by atoms with Gasteiger partial charge in [-0.3, -0.25) is 4.79 Å². The van der Waals surface area contributed by atoms with Gasteiger partial charge in [0.05, 0.1) is 9.21 Å². The first-order valence-electron chi connectivity index (χ1n) is 5.16. The van der Waals surface area contributed by atoms with Crippen LogP contribution in [0.5, 0.6) is 0 Å². The average molecular weight is 241 g/mol. The molecular formula is C12H13ClOS. The molecule has 1 unspecified atom stereocenters. The molecule has 0 saturated carbocycles. The van der Waals surface area contributed by atoms with Gasteiger partial charge in [-0.25, -0.2) is 0 Å². The highest BCUT2D eigenvalue weighted by atomic mass is 35.5. The quantitative estimate of drug-likeness (QED) is 0.704. The van der Waals surface area contributed by atoms with E-state index < -0.39 is 0 Å². The Morgan fingerprint density at radius 1 is 1.53 bits per heavy atom. The van der Waals surface area contributed by atoms with E-state index in [1.54, 1.807) is 6.07 Å². The number of halogens is 1. The minimum Gasteiger partial charge on any atom is -0.288 e. The van der Waals surface area contributed by atoms with E-state index >= 15 is 0 Å². The molecule has 15 heavy (non-hydrogen) atoms. The summed E-state index contributed by atoms with van der Waals surface area (Å²) in [6, 6.07) is 3.60. The monoisotopic (exact) mass is 240 g/mol. The molecule has 0 bridgehead atoms. The van der Waals surface area contributed by atoms with Crippen LogP contribution in [-0.2, 0) is 0 Å². The Hall–Kier alpha value is -0.600. The predicted octanol–water partition coefficient (Wildman–Crippen LogP) is 4.33. The zero-order valence-electron chi connectivity index (χ0n) is 8.63. The van der Waals surface area contributed by atoms with Gasteiger partial charge in [0.15, 0.2) is 5.78 Å². The van der Waals surface area contributed by atoms with Gasteiger partial charge in [-0.2, -0.15) is 0 Å². The zero-order chi connectivity index (χ0) is 10.8. The van der Waals surface area contributed by atoms with E-state index in [0.717, 1.165) is 29.7 Å². The molecule has 1 nitrogen and oxygen atoms in total. The number of carbonyl (C=O) groups is 1. The first-order valence-corrected chi connectivity index (χ1v) is 6.35. The minimum absolute atomic E-state index is 0.166. The summed E-state index contributed by atoms with van der Waals surface area (Å²) in [7, 11) is 0. The summed E-state index contributed by atoms with van der Waals surface area (Å²) in [6.45, 7) is 2.22. The van der Waals surface area contributed by atoms with Gasteiger partial charge in [-0.15, -0.1) is 11.3 Å². The Labute approximate surface area is 98.8 Å². The lowest BCUT2D eigenvalue weighted by Crippen LogP contribution is -2.08.